The van der Waals surface area contributed by atoms with Crippen molar-refractivity contribution in [3.63, 3.8) is 0 Å². The minimum absolute atomic E-state index is 0.0532. The molecule has 1 aliphatic carbocycles. The van der Waals surface area contributed by atoms with Crippen LogP contribution in [0.4, 0.5) is 8.78 Å². The van der Waals surface area contributed by atoms with Crippen LogP contribution in [0.1, 0.15) is 71.4 Å². The number of unbranched alkanes of at least 4 members (excludes halogenated alkanes) is 1. The molecule has 2 rings (SSSR count). The molecule has 1 aromatic rings. The number of rotatable bonds is 9. The Hall–Kier alpha value is -2.04. The first-order chi connectivity index (χ1) is 13.2. The molecule has 1 saturated carbocycles. The SMILES string of the molecule is CCCCN(CC)C(=O)C(C)=N/C(C)=C(\C)c1ccc(C(F)(F)C2CC2)cc1. The van der Waals surface area contributed by atoms with E-state index in [-0.39, 0.29) is 11.5 Å². The van der Waals surface area contributed by atoms with Crippen molar-refractivity contribution in [2.45, 2.75) is 66.2 Å². The number of benzene rings is 1. The van der Waals surface area contributed by atoms with E-state index in [4.69, 9.17) is 0 Å². The summed E-state index contributed by atoms with van der Waals surface area (Å²) in [6.45, 7) is 10.9. The van der Waals surface area contributed by atoms with E-state index >= 15 is 0 Å². The lowest BCUT2D eigenvalue weighted by Crippen LogP contribution is -2.36. The van der Waals surface area contributed by atoms with Crippen molar-refractivity contribution >= 4 is 17.2 Å². The van der Waals surface area contributed by atoms with Crippen LogP contribution in [0, 0.1) is 5.92 Å². The van der Waals surface area contributed by atoms with Gasteiger partial charge in [-0.15, -0.1) is 0 Å². The summed E-state index contributed by atoms with van der Waals surface area (Å²) in [5.74, 6) is -3.30. The van der Waals surface area contributed by atoms with Crippen molar-refractivity contribution < 1.29 is 13.6 Å². The Morgan fingerprint density at radius 2 is 1.75 bits per heavy atom. The van der Waals surface area contributed by atoms with Crippen LogP contribution in [0.25, 0.3) is 5.57 Å². The highest BCUT2D eigenvalue weighted by Crippen LogP contribution is 2.49. The van der Waals surface area contributed by atoms with Crippen molar-refractivity contribution in [2.24, 2.45) is 10.9 Å². The zero-order valence-electron chi connectivity index (χ0n) is 17.7. The molecule has 0 atom stereocenters. The number of allylic oxidation sites excluding steroid dienone is 2. The number of carbonyl (C=O) groups excluding carboxylic acids is 1. The van der Waals surface area contributed by atoms with Gasteiger partial charge in [0.05, 0.1) is 0 Å². The molecule has 0 N–H and O–H groups in total. The summed E-state index contributed by atoms with van der Waals surface area (Å²) in [5.41, 5.74) is 2.97. The quantitative estimate of drug-likeness (QED) is 0.473. The van der Waals surface area contributed by atoms with Crippen molar-refractivity contribution in [3.8, 4) is 0 Å². The Morgan fingerprint density at radius 3 is 2.25 bits per heavy atom. The first kappa shape index (κ1) is 22.3. The van der Waals surface area contributed by atoms with E-state index in [1.165, 1.54) is 12.1 Å². The fraction of sp³-hybridized carbons (Fsp3) is 0.565. The van der Waals surface area contributed by atoms with Crippen LogP contribution in [-0.2, 0) is 10.7 Å². The molecule has 1 fully saturated rings. The van der Waals surface area contributed by atoms with Gasteiger partial charge in [0.2, 0.25) is 0 Å². The average Bonchev–Trinajstić information content (AvgIpc) is 3.53. The minimum Gasteiger partial charge on any atom is -0.338 e. The van der Waals surface area contributed by atoms with Crippen LogP contribution in [-0.4, -0.2) is 29.6 Å². The van der Waals surface area contributed by atoms with E-state index in [9.17, 15) is 13.6 Å². The summed E-state index contributed by atoms with van der Waals surface area (Å²) in [7, 11) is 0. The standard InChI is InChI=1S/C23H32F2N2O/c1-6-8-15-27(7-2)22(28)18(5)26-17(4)16(3)19-9-11-20(12-10-19)23(24,25)21-13-14-21/h9-12,21H,6-8,13-15H2,1-5H3/b17-16+,26-18?. The molecule has 0 bridgehead atoms. The van der Waals surface area contributed by atoms with Gasteiger partial charge in [0.25, 0.3) is 11.8 Å². The highest BCUT2D eigenvalue weighted by atomic mass is 19.3. The van der Waals surface area contributed by atoms with E-state index in [1.807, 2.05) is 20.8 Å². The Kier molecular flexibility index (Phi) is 7.50. The molecular weight excluding hydrogens is 358 g/mol. The number of halogens is 2. The molecule has 0 unspecified atom stereocenters. The summed E-state index contributed by atoms with van der Waals surface area (Å²) >= 11 is 0. The second kappa shape index (κ2) is 9.44. The Morgan fingerprint density at radius 1 is 1.14 bits per heavy atom. The second-order valence-corrected chi connectivity index (χ2v) is 7.62. The molecule has 154 valence electrons. The smallest absolute Gasteiger partial charge is 0.276 e. The number of alkyl halides is 2. The summed E-state index contributed by atoms with van der Waals surface area (Å²) in [6.07, 6.45) is 3.20. The molecule has 1 aliphatic rings. The molecular formula is C23H32F2N2O. The summed E-state index contributed by atoms with van der Waals surface area (Å²) in [5, 5.41) is 0. The van der Waals surface area contributed by atoms with E-state index in [1.54, 1.807) is 24.0 Å². The van der Waals surface area contributed by atoms with Crippen molar-refractivity contribution in [1.82, 2.24) is 4.90 Å². The highest BCUT2D eigenvalue weighted by molar-refractivity contribution is 6.38. The zero-order valence-corrected chi connectivity index (χ0v) is 17.7. The maximum absolute atomic E-state index is 14.2. The maximum atomic E-state index is 14.2. The lowest BCUT2D eigenvalue weighted by Gasteiger charge is -2.20. The van der Waals surface area contributed by atoms with E-state index in [0.717, 1.165) is 36.2 Å². The molecule has 0 spiro atoms. The minimum atomic E-state index is -2.74. The van der Waals surface area contributed by atoms with Gasteiger partial charge in [0, 0.05) is 30.3 Å². The van der Waals surface area contributed by atoms with Crippen molar-refractivity contribution in [1.29, 1.82) is 0 Å². The molecule has 0 heterocycles. The second-order valence-electron chi connectivity index (χ2n) is 7.62. The number of aliphatic imine (C=N–C) groups is 1. The van der Waals surface area contributed by atoms with Gasteiger partial charge in [0.1, 0.15) is 5.71 Å². The molecule has 0 saturated heterocycles. The van der Waals surface area contributed by atoms with Crippen molar-refractivity contribution in [3.05, 3.63) is 41.1 Å². The topological polar surface area (TPSA) is 32.7 Å². The largest absolute Gasteiger partial charge is 0.338 e. The van der Waals surface area contributed by atoms with Gasteiger partial charge in [-0.2, -0.15) is 0 Å². The fourth-order valence-electron chi connectivity index (χ4n) is 3.20. The lowest BCUT2D eigenvalue weighted by molar-refractivity contribution is -0.124. The van der Waals surface area contributed by atoms with Gasteiger partial charge in [-0.1, -0.05) is 37.6 Å². The first-order valence-electron chi connectivity index (χ1n) is 10.2. The van der Waals surface area contributed by atoms with Gasteiger partial charge in [-0.25, -0.2) is 8.78 Å². The van der Waals surface area contributed by atoms with Crippen LogP contribution in [0.3, 0.4) is 0 Å². The third-order valence-electron chi connectivity index (χ3n) is 5.43. The van der Waals surface area contributed by atoms with Gasteiger partial charge >= 0.3 is 0 Å². The third-order valence-corrected chi connectivity index (χ3v) is 5.43. The van der Waals surface area contributed by atoms with Crippen LogP contribution >= 0.6 is 0 Å². The Labute approximate surface area is 167 Å². The van der Waals surface area contributed by atoms with E-state index in [2.05, 4.69) is 11.9 Å². The van der Waals surface area contributed by atoms with Gasteiger partial charge < -0.3 is 4.90 Å². The number of hydrogen-bond donors (Lipinski definition) is 0. The molecule has 28 heavy (non-hydrogen) atoms. The number of amides is 1. The normalized spacial score (nSPS) is 16.0. The fourth-order valence-corrected chi connectivity index (χ4v) is 3.20. The molecule has 1 amide bonds. The summed E-state index contributed by atoms with van der Waals surface area (Å²) in [6, 6.07) is 6.46. The monoisotopic (exact) mass is 390 g/mol. The lowest BCUT2D eigenvalue weighted by atomic mass is 9.99. The van der Waals surface area contributed by atoms with Crippen molar-refractivity contribution in [2.75, 3.05) is 13.1 Å². The average molecular weight is 391 g/mol. The molecule has 0 aromatic heterocycles. The van der Waals surface area contributed by atoms with Gasteiger partial charge in [-0.05, 0) is 58.1 Å². The number of hydrogen-bond acceptors (Lipinski definition) is 2. The van der Waals surface area contributed by atoms with Gasteiger partial charge in [-0.3, -0.25) is 9.79 Å². The van der Waals surface area contributed by atoms with Crippen LogP contribution in [0.2, 0.25) is 0 Å². The first-order valence-corrected chi connectivity index (χ1v) is 10.2. The summed E-state index contributed by atoms with van der Waals surface area (Å²) < 4.78 is 28.4. The third kappa shape index (κ3) is 5.27. The predicted molar refractivity (Wildman–Crippen MR) is 112 cm³/mol. The van der Waals surface area contributed by atoms with Crippen LogP contribution in [0.15, 0.2) is 35.0 Å². The highest BCUT2D eigenvalue weighted by Gasteiger charge is 2.47. The van der Waals surface area contributed by atoms with E-state index in [0.29, 0.717) is 25.1 Å². The van der Waals surface area contributed by atoms with Gasteiger partial charge in [0.15, 0.2) is 0 Å². The van der Waals surface area contributed by atoms with Crippen LogP contribution < -0.4 is 0 Å². The molecule has 1 aromatic carbocycles. The number of nitrogens with zero attached hydrogens (tertiary/aromatic N) is 2. The predicted octanol–water partition coefficient (Wildman–Crippen LogP) is 6.05. The molecule has 0 aliphatic heterocycles. The number of carbonyl (C=O) groups is 1. The van der Waals surface area contributed by atoms with Crippen LogP contribution in [0.5, 0.6) is 0 Å². The molecule has 3 nitrogen and oxygen atoms in total. The summed E-state index contributed by atoms with van der Waals surface area (Å²) in [4.78, 5) is 18.9. The van der Waals surface area contributed by atoms with E-state index < -0.39 is 11.8 Å². The zero-order chi connectivity index (χ0) is 20.9. The Bertz CT molecular complexity index is 746. The molecule has 5 heteroatoms. The Balaban J connectivity index is 2.16. The molecule has 0 radical (unpaired) electrons. The maximum Gasteiger partial charge on any atom is 0.276 e.